The van der Waals surface area contributed by atoms with Gasteiger partial charge in [-0.15, -0.1) is 0 Å². The number of hydrogen-bond acceptors (Lipinski definition) is 5. The van der Waals surface area contributed by atoms with Crippen molar-refractivity contribution in [3.05, 3.63) is 109 Å². The van der Waals surface area contributed by atoms with Crippen LogP contribution in [0, 0.1) is 0 Å². The molecule has 0 aromatic heterocycles. The Hall–Kier alpha value is -3.48. The summed E-state index contributed by atoms with van der Waals surface area (Å²) in [6, 6.07) is -0.737. The van der Waals surface area contributed by atoms with Crippen LogP contribution in [0.25, 0.3) is 0 Å². The smallest absolute Gasteiger partial charge is 0.306 e. The largest absolute Gasteiger partial charge is 0.462 e. The molecule has 6 heteroatoms. The average Bonchev–Trinajstić information content (AvgIpc) is 3.30. The van der Waals surface area contributed by atoms with Gasteiger partial charge in [0.05, 0.1) is 25.2 Å². The van der Waals surface area contributed by atoms with Crippen LogP contribution in [0.5, 0.6) is 0 Å². The summed E-state index contributed by atoms with van der Waals surface area (Å²) in [6.45, 7) is 6.30. The molecule has 0 aromatic rings. The van der Waals surface area contributed by atoms with Gasteiger partial charge in [0.15, 0.2) is 0 Å². The quantitative estimate of drug-likeness (QED) is 0.0245. The molecule has 0 aliphatic rings. The summed E-state index contributed by atoms with van der Waals surface area (Å²) in [7, 11) is 0. The summed E-state index contributed by atoms with van der Waals surface area (Å²) in [6.07, 6.45) is 70.1. The van der Waals surface area contributed by atoms with E-state index in [4.69, 9.17) is 4.74 Å². The number of ether oxygens (including phenoxy) is 1. The molecule has 0 saturated heterocycles. The zero-order valence-electron chi connectivity index (χ0n) is 42.1. The maximum absolute atomic E-state index is 13.2. The van der Waals surface area contributed by atoms with Gasteiger partial charge in [-0.2, -0.15) is 0 Å². The zero-order chi connectivity index (χ0) is 47.4. The Bertz CT molecular complexity index is 1330. The second-order valence-electron chi connectivity index (χ2n) is 17.6. The Morgan fingerprint density at radius 3 is 1.40 bits per heavy atom. The highest BCUT2D eigenvalue weighted by Crippen LogP contribution is 2.17. The third-order valence-electron chi connectivity index (χ3n) is 11.4. The second-order valence-corrected chi connectivity index (χ2v) is 17.6. The van der Waals surface area contributed by atoms with Crippen molar-refractivity contribution in [2.45, 2.75) is 244 Å². The van der Waals surface area contributed by atoms with E-state index in [0.29, 0.717) is 19.3 Å². The molecule has 3 N–H and O–H groups in total. The summed E-state index contributed by atoms with van der Waals surface area (Å²) >= 11 is 0. The van der Waals surface area contributed by atoms with Crippen molar-refractivity contribution in [1.29, 1.82) is 0 Å². The van der Waals surface area contributed by atoms with Crippen LogP contribution < -0.4 is 5.32 Å². The van der Waals surface area contributed by atoms with Crippen LogP contribution >= 0.6 is 0 Å². The Morgan fingerprint density at radius 1 is 0.477 bits per heavy atom. The van der Waals surface area contributed by atoms with Crippen LogP contribution in [0.1, 0.15) is 226 Å². The molecule has 0 spiro atoms. The van der Waals surface area contributed by atoms with Gasteiger partial charge in [0, 0.05) is 6.42 Å². The third-order valence-corrected chi connectivity index (χ3v) is 11.4. The summed E-state index contributed by atoms with van der Waals surface area (Å²) in [5.74, 6) is -0.619. The van der Waals surface area contributed by atoms with Crippen molar-refractivity contribution in [2.75, 3.05) is 6.61 Å². The Labute approximate surface area is 400 Å². The first-order valence-corrected chi connectivity index (χ1v) is 26.7. The molecular formula is C59H99NO5. The van der Waals surface area contributed by atoms with Crippen molar-refractivity contribution in [3.63, 3.8) is 0 Å². The number of aliphatic hydroxyl groups is 2. The number of esters is 1. The SMILES string of the molecule is CC/C=C/C/C=C/C/C=C/C/C=C/C/C=C/CCC(=O)OC(CCCCC/C=C/C=C/C=C/C=C/CCCCC)CC(=O)NC(CO)C(O)CCCCCCCCCCCCCCCC. The number of allylic oxidation sites excluding steroid dienone is 18. The van der Waals surface area contributed by atoms with Crippen LogP contribution in [0.4, 0.5) is 0 Å². The van der Waals surface area contributed by atoms with E-state index in [-0.39, 0.29) is 31.3 Å². The monoisotopic (exact) mass is 902 g/mol. The third kappa shape index (κ3) is 46.8. The number of carbonyl (C=O) groups excluding carboxylic acids is 2. The first kappa shape index (κ1) is 61.5. The lowest BCUT2D eigenvalue weighted by atomic mass is 10.0. The van der Waals surface area contributed by atoms with Gasteiger partial charge in [0.25, 0.3) is 0 Å². The minimum Gasteiger partial charge on any atom is -0.462 e. The fourth-order valence-corrected chi connectivity index (χ4v) is 7.43. The number of aliphatic hydroxyl groups excluding tert-OH is 2. The van der Waals surface area contributed by atoms with E-state index >= 15 is 0 Å². The summed E-state index contributed by atoms with van der Waals surface area (Å²) in [5.41, 5.74) is 0. The highest BCUT2D eigenvalue weighted by Gasteiger charge is 2.24. The van der Waals surface area contributed by atoms with Gasteiger partial charge in [-0.05, 0) is 83.5 Å². The van der Waals surface area contributed by atoms with Crippen molar-refractivity contribution < 1.29 is 24.5 Å². The minimum absolute atomic E-state index is 0.0155. The Balaban J connectivity index is 4.80. The molecule has 1 amide bonds. The van der Waals surface area contributed by atoms with Crippen molar-refractivity contribution in [3.8, 4) is 0 Å². The standard InChI is InChI=1S/C59H99NO5/c1-4-7-10-13-16-19-22-25-28-30-32-35-38-41-44-47-50-55(65-59(64)52-49-46-43-40-37-34-31-29-26-23-20-17-14-11-8-5-2)53-58(63)60-56(54-61)57(62)51-48-45-42-39-36-33-27-24-21-18-15-12-9-6-3/h8,11,16-17,19-20,22,25-26,28-30,32,34-35,37,43,46,55-57,61-62H,4-7,9-10,12-15,18,21,23-24,27,31,33,36,38-42,44-45,47-54H2,1-3H3,(H,60,63)/b11-8+,19-16+,20-17+,25-22+,29-26+,30-28+,35-32+,37-34+,46-43+. The first-order chi connectivity index (χ1) is 32.0. The lowest BCUT2D eigenvalue weighted by Crippen LogP contribution is -2.46. The zero-order valence-corrected chi connectivity index (χ0v) is 42.1. The predicted octanol–water partition coefficient (Wildman–Crippen LogP) is 16.3. The number of rotatable bonds is 46. The van der Waals surface area contributed by atoms with Gasteiger partial charge in [0.1, 0.15) is 6.10 Å². The van der Waals surface area contributed by atoms with Gasteiger partial charge in [0.2, 0.25) is 5.91 Å². The number of carbonyl (C=O) groups is 2. The summed E-state index contributed by atoms with van der Waals surface area (Å²) < 4.78 is 5.88. The molecule has 0 saturated carbocycles. The van der Waals surface area contributed by atoms with Gasteiger partial charge in [-0.3, -0.25) is 9.59 Å². The molecule has 6 nitrogen and oxygen atoms in total. The van der Waals surface area contributed by atoms with E-state index in [1.807, 2.05) is 24.3 Å². The summed E-state index contributed by atoms with van der Waals surface area (Å²) in [4.78, 5) is 26.2. The number of amides is 1. The van der Waals surface area contributed by atoms with E-state index in [2.05, 4.69) is 111 Å². The maximum atomic E-state index is 13.2. The van der Waals surface area contributed by atoms with E-state index in [9.17, 15) is 19.8 Å². The van der Waals surface area contributed by atoms with Crippen LogP contribution in [0.15, 0.2) is 109 Å². The van der Waals surface area contributed by atoms with Crippen molar-refractivity contribution in [2.24, 2.45) is 0 Å². The van der Waals surface area contributed by atoms with Crippen molar-refractivity contribution >= 4 is 11.9 Å². The van der Waals surface area contributed by atoms with Crippen LogP contribution in [0.3, 0.4) is 0 Å². The second kappa shape index (κ2) is 51.5. The summed E-state index contributed by atoms with van der Waals surface area (Å²) in [5, 5.41) is 23.8. The lowest BCUT2D eigenvalue weighted by molar-refractivity contribution is -0.150. The van der Waals surface area contributed by atoms with Gasteiger partial charge in [-0.25, -0.2) is 0 Å². The molecule has 0 radical (unpaired) electrons. The molecule has 0 fully saturated rings. The molecule has 0 aliphatic carbocycles. The maximum Gasteiger partial charge on any atom is 0.306 e. The van der Waals surface area contributed by atoms with Crippen LogP contribution in [0.2, 0.25) is 0 Å². The molecule has 65 heavy (non-hydrogen) atoms. The van der Waals surface area contributed by atoms with Crippen LogP contribution in [-0.2, 0) is 14.3 Å². The van der Waals surface area contributed by atoms with E-state index in [0.717, 1.165) is 83.5 Å². The molecule has 3 unspecified atom stereocenters. The topological polar surface area (TPSA) is 95.9 Å². The number of unbranched alkanes of at least 4 members (excludes halogenated alkanes) is 19. The first-order valence-electron chi connectivity index (χ1n) is 26.7. The van der Waals surface area contributed by atoms with E-state index < -0.39 is 18.2 Å². The van der Waals surface area contributed by atoms with Crippen molar-refractivity contribution in [1.82, 2.24) is 5.32 Å². The fraction of sp³-hybridized carbons (Fsp3) is 0.661. The molecule has 3 atom stereocenters. The number of hydrogen-bond donors (Lipinski definition) is 3. The molecule has 0 aliphatic heterocycles. The Morgan fingerprint density at radius 2 is 0.892 bits per heavy atom. The molecule has 0 heterocycles. The highest BCUT2D eigenvalue weighted by molar-refractivity contribution is 5.77. The van der Waals surface area contributed by atoms with E-state index in [1.54, 1.807) is 0 Å². The minimum atomic E-state index is -0.818. The predicted molar refractivity (Wildman–Crippen MR) is 282 cm³/mol. The molecule has 0 aromatic carbocycles. The number of nitrogens with one attached hydrogen (secondary N) is 1. The Kier molecular flexibility index (Phi) is 48.7. The van der Waals surface area contributed by atoms with Gasteiger partial charge in [-0.1, -0.05) is 239 Å². The lowest BCUT2D eigenvalue weighted by Gasteiger charge is -2.24. The molecule has 0 rings (SSSR count). The molecule has 370 valence electrons. The molecule has 0 bridgehead atoms. The highest BCUT2D eigenvalue weighted by atomic mass is 16.5. The normalized spacial score (nSPS) is 14.1. The van der Waals surface area contributed by atoms with Crippen LogP contribution in [-0.4, -0.2) is 46.9 Å². The average molecular weight is 902 g/mol. The van der Waals surface area contributed by atoms with Gasteiger partial charge < -0.3 is 20.3 Å². The molecular weight excluding hydrogens is 803 g/mol. The van der Waals surface area contributed by atoms with E-state index in [1.165, 1.54) is 89.9 Å². The van der Waals surface area contributed by atoms with Gasteiger partial charge >= 0.3 is 5.97 Å². The fourth-order valence-electron chi connectivity index (χ4n) is 7.43.